The molecule has 0 saturated carbocycles. The van der Waals surface area contributed by atoms with Crippen LogP contribution < -0.4 is 10.6 Å². The lowest BCUT2D eigenvalue weighted by molar-refractivity contribution is 0.521. The van der Waals surface area contributed by atoms with Crippen LogP contribution in [-0.2, 0) is 16.4 Å². The van der Waals surface area contributed by atoms with Gasteiger partial charge in [0.15, 0.2) is 0 Å². The molecule has 7 nitrogen and oxygen atoms in total. The second-order valence-corrected chi connectivity index (χ2v) is 7.16. The Bertz CT molecular complexity index is 545. The van der Waals surface area contributed by atoms with Crippen LogP contribution in [0.2, 0.25) is 0 Å². The predicted molar refractivity (Wildman–Crippen MR) is 86.2 cm³/mol. The number of nitrogens with one attached hydrogen (secondary N) is 2. The normalized spacial score (nSPS) is 11.7. The summed E-state index contributed by atoms with van der Waals surface area (Å²) in [6.07, 6.45) is 3.27. The second-order valence-electron chi connectivity index (χ2n) is 4.85. The van der Waals surface area contributed by atoms with Gasteiger partial charge in [-0.3, -0.25) is 0 Å². The maximum atomic E-state index is 11.7. The van der Waals surface area contributed by atoms with Crippen molar-refractivity contribution in [1.29, 1.82) is 0 Å². The Morgan fingerprint density at radius 1 is 1.10 bits per heavy atom. The quantitative estimate of drug-likeness (QED) is 0.711. The van der Waals surface area contributed by atoms with Crippen LogP contribution in [0.3, 0.4) is 0 Å². The van der Waals surface area contributed by atoms with Crippen LogP contribution in [0.15, 0.2) is 6.33 Å². The van der Waals surface area contributed by atoms with Crippen LogP contribution >= 0.6 is 0 Å². The summed E-state index contributed by atoms with van der Waals surface area (Å²) in [5.74, 6) is 1.54. The SMILES string of the molecule is CCCNc1ncnc(NCCS(=O)(=O)N(C)C)c1CC. The lowest BCUT2D eigenvalue weighted by Gasteiger charge is -2.15. The van der Waals surface area contributed by atoms with Gasteiger partial charge >= 0.3 is 0 Å². The molecular weight excluding hydrogens is 290 g/mol. The maximum absolute atomic E-state index is 11.7. The molecule has 2 N–H and O–H groups in total. The predicted octanol–water partition coefficient (Wildman–Crippen LogP) is 1.16. The smallest absolute Gasteiger partial charge is 0.215 e. The molecule has 8 heteroatoms. The average molecular weight is 315 g/mol. The molecule has 0 aliphatic heterocycles. The third-order valence-corrected chi connectivity index (χ3v) is 4.88. The Morgan fingerprint density at radius 3 is 2.14 bits per heavy atom. The van der Waals surface area contributed by atoms with Crippen molar-refractivity contribution in [2.45, 2.75) is 26.7 Å². The molecule has 0 saturated heterocycles. The van der Waals surface area contributed by atoms with Crippen molar-refractivity contribution in [3.05, 3.63) is 11.9 Å². The number of anilines is 2. The molecule has 1 heterocycles. The molecule has 0 aromatic carbocycles. The molecule has 21 heavy (non-hydrogen) atoms. The van der Waals surface area contributed by atoms with Crippen LogP contribution in [0.1, 0.15) is 25.8 Å². The van der Waals surface area contributed by atoms with Gasteiger partial charge in [-0.05, 0) is 12.8 Å². The molecule has 0 fully saturated rings. The Morgan fingerprint density at radius 2 is 1.67 bits per heavy atom. The Balaban J connectivity index is 2.75. The van der Waals surface area contributed by atoms with Gasteiger partial charge in [0.1, 0.15) is 18.0 Å². The summed E-state index contributed by atoms with van der Waals surface area (Å²) in [6, 6.07) is 0. The molecule has 0 aliphatic carbocycles. The molecule has 0 radical (unpaired) electrons. The van der Waals surface area contributed by atoms with E-state index in [1.165, 1.54) is 24.7 Å². The Hall–Kier alpha value is -1.41. The monoisotopic (exact) mass is 315 g/mol. The van der Waals surface area contributed by atoms with E-state index in [9.17, 15) is 8.42 Å². The number of nitrogens with zero attached hydrogens (tertiary/aromatic N) is 3. The molecule has 120 valence electrons. The molecule has 0 bridgehead atoms. The van der Waals surface area contributed by atoms with Gasteiger partial charge in [0.25, 0.3) is 0 Å². The summed E-state index contributed by atoms with van der Waals surface area (Å²) < 4.78 is 24.7. The van der Waals surface area contributed by atoms with Gasteiger partial charge in [0.05, 0.1) is 5.75 Å². The summed E-state index contributed by atoms with van der Waals surface area (Å²) in [5, 5.41) is 6.36. The van der Waals surface area contributed by atoms with Gasteiger partial charge in [-0.2, -0.15) is 0 Å². The van der Waals surface area contributed by atoms with Crippen molar-refractivity contribution in [3.8, 4) is 0 Å². The van der Waals surface area contributed by atoms with Gasteiger partial charge in [0, 0.05) is 32.7 Å². The fraction of sp³-hybridized carbons (Fsp3) is 0.692. The van der Waals surface area contributed by atoms with Gasteiger partial charge in [-0.25, -0.2) is 22.7 Å². The second kappa shape index (κ2) is 8.14. The highest BCUT2D eigenvalue weighted by Crippen LogP contribution is 2.20. The molecule has 0 amide bonds. The van der Waals surface area contributed by atoms with Crippen LogP contribution in [-0.4, -0.2) is 55.6 Å². The van der Waals surface area contributed by atoms with Crippen molar-refractivity contribution < 1.29 is 8.42 Å². The zero-order chi connectivity index (χ0) is 15.9. The van der Waals surface area contributed by atoms with E-state index in [4.69, 9.17) is 0 Å². The highest BCUT2D eigenvalue weighted by atomic mass is 32.2. The summed E-state index contributed by atoms with van der Waals surface area (Å²) in [4.78, 5) is 8.46. The number of sulfonamides is 1. The third kappa shape index (κ3) is 5.13. The van der Waals surface area contributed by atoms with E-state index in [1.54, 1.807) is 0 Å². The fourth-order valence-corrected chi connectivity index (χ4v) is 2.50. The van der Waals surface area contributed by atoms with Gasteiger partial charge in [0.2, 0.25) is 10.0 Å². The Kier molecular flexibility index (Phi) is 6.83. The number of rotatable bonds is 9. The largest absolute Gasteiger partial charge is 0.370 e. The Labute approximate surface area is 127 Å². The average Bonchev–Trinajstić information content (AvgIpc) is 2.44. The van der Waals surface area contributed by atoms with E-state index in [1.807, 2.05) is 6.92 Å². The number of hydrogen-bond donors (Lipinski definition) is 2. The van der Waals surface area contributed by atoms with Crippen molar-refractivity contribution in [2.75, 3.05) is 43.6 Å². The first-order valence-corrected chi connectivity index (χ1v) is 8.75. The first-order valence-electron chi connectivity index (χ1n) is 7.14. The van der Waals surface area contributed by atoms with Crippen molar-refractivity contribution in [3.63, 3.8) is 0 Å². The van der Waals surface area contributed by atoms with Crippen molar-refractivity contribution in [1.82, 2.24) is 14.3 Å². The molecule has 1 rings (SSSR count). The topological polar surface area (TPSA) is 87.2 Å². The van der Waals surface area contributed by atoms with E-state index in [0.717, 1.165) is 30.8 Å². The zero-order valence-electron chi connectivity index (χ0n) is 13.2. The van der Waals surface area contributed by atoms with E-state index in [2.05, 4.69) is 27.5 Å². The minimum Gasteiger partial charge on any atom is -0.370 e. The molecule has 1 aromatic heterocycles. The third-order valence-electron chi connectivity index (χ3n) is 3.05. The summed E-state index contributed by atoms with van der Waals surface area (Å²) in [5.41, 5.74) is 0.980. The van der Waals surface area contributed by atoms with Crippen molar-refractivity contribution in [2.24, 2.45) is 0 Å². The lowest BCUT2D eigenvalue weighted by Crippen LogP contribution is -2.28. The fourth-order valence-electron chi connectivity index (χ4n) is 1.78. The molecular formula is C13H25N5O2S. The summed E-state index contributed by atoms with van der Waals surface area (Å²) in [7, 11) is -0.136. The van der Waals surface area contributed by atoms with E-state index in [-0.39, 0.29) is 5.75 Å². The van der Waals surface area contributed by atoms with E-state index < -0.39 is 10.0 Å². The minimum atomic E-state index is -3.20. The highest BCUT2D eigenvalue weighted by Gasteiger charge is 2.14. The highest BCUT2D eigenvalue weighted by molar-refractivity contribution is 7.89. The van der Waals surface area contributed by atoms with Gasteiger partial charge in [-0.15, -0.1) is 0 Å². The van der Waals surface area contributed by atoms with Crippen molar-refractivity contribution >= 4 is 21.7 Å². The minimum absolute atomic E-state index is 0.0326. The molecule has 0 spiro atoms. The van der Waals surface area contributed by atoms with E-state index in [0.29, 0.717) is 12.4 Å². The number of hydrogen-bond acceptors (Lipinski definition) is 6. The van der Waals surface area contributed by atoms with Crippen LogP contribution in [0.4, 0.5) is 11.6 Å². The summed E-state index contributed by atoms with van der Waals surface area (Å²) in [6.45, 7) is 5.28. The lowest BCUT2D eigenvalue weighted by atomic mass is 10.2. The zero-order valence-corrected chi connectivity index (χ0v) is 14.0. The number of aromatic nitrogens is 2. The van der Waals surface area contributed by atoms with Gasteiger partial charge in [-0.1, -0.05) is 13.8 Å². The van der Waals surface area contributed by atoms with Crippen LogP contribution in [0.25, 0.3) is 0 Å². The first-order chi connectivity index (χ1) is 9.92. The van der Waals surface area contributed by atoms with Crippen LogP contribution in [0, 0.1) is 0 Å². The molecule has 0 aliphatic rings. The maximum Gasteiger partial charge on any atom is 0.215 e. The first kappa shape index (κ1) is 17.6. The van der Waals surface area contributed by atoms with E-state index >= 15 is 0 Å². The van der Waals surface area contributed by atoms with Gasteiger partial charge < -0.3 is 10.6 Å². The molecule has 0 atom stereocenters. The molecule has 1 aromatic rings. The molecule has 0 unspecified atom stereocenters. The standard InChI is InChI=1S/C13H25N5O2S/c1-5-7-14-12-11(6-2)13(17-10-16-12)15-8-9-21(19,20)18(3)4/h10H,5-9H2,1-4H3,(H2,14,15,16,17). The summed E-state index contributed by atoms with van der Waals surface area (Å²) >= 11 is 0. The van der Waals surface area contributed by atoms with Crippen LogP contribution in [0.5, 0.6) is 0 Å².